The van der Waals surface area contributed by atoms with Crippen LogP contribution >= 0.6 is 15.9 Å². The summed E-state index contributed by atoms with van der Waals surface area (Å²) >= 11 is 3.21. The van der Waals surface area contributed by atoms with E-state index in [0.29, 0.717) is 17.7 Å². The molecule has 100 valence electrons. The summed E-state index contributed by atoms with van der Waals surface area (Å²) in [6.45, 7) is 0.845. The number of methoxy groups -OCH3 is 1. The largest absolute Gasteiger partial charge is 0.497 e. The van der Waals surface area contributed by atoms with Gasteiger partial charge in [-0.2, -0.15) is 0 Å². The Morgan fingerprint density at radius 1 is 1.05 bits per heavy atom. The van der Waals surface area contributed by atoms with E-state index in [-0.39, 0.29) is 5.82 Å². The van der Waals surface area contributed by atoms with Crippen molar-refractivity contribution in [3.8, 4) is 5.75 Å². The molecule has 0 amide bonds. The van der Waals surface area contributed by atoms with Gasteiger partial charge in [-0.05, 0) is 45.3 Å². The molecule has 2 rings (SSSR count). The van der Waals surface area contributed by atoms with Crippen molar-refractivity contribution in [1.29, 1.82) is 0 Å². The molecule has 0 fully saturated rings. The molecular formula is C15H14BrFO2. The van der Waals surface area contributed by atoms with Crippen molar-refractivity contribution in [2.24, 2.45) is 0 Å². The average molecular weight is 325 g/mol. The molecule has 0 radical (unpaired) electrons. The lowest BCUT2D eigenvalue weighted by Gasteiger charge is -2.07. The zero-order valence-corrected chi connectivity index (χ0v) is 12.1. The first kappa shape index (κ1) is 14.0. The average Bonchev–Trinajstić information content (AvgIpc) is 2.44. The molecule has 0 bridgehead atoms. The van der Waals surface area contributed by atoms with Gasteiger partial charge in [0.2, 0.25) is 0 Å². The summed E-state index contributed by atoms with van der Waals surface area (Å²) in [5, 5.41) is 0. The third-order valence-corrected chi connectivity index (χ3v) is 3.60. The van der Waals surface area contributed by atoms with Crippen LogP contribution in [0, 0.1) is 5.82 Å². The van der Waals surface area contributed by atoms with Crippen LogP contribution in [0.3, 0.4) is 0 Å². The van der Waals surface area contributed by atoms with Crippen molar-refractivity contribution in [3.05, 3.63) is 63.9 Å². The Morgan fingerprint density at radius 3 is 2.47 bits per heavy atom. The molecular weight excluding hydrogens is 311 g/mol. The van der Waals surface area contributed by atoms with Crippen molar-refractivity contribution in [2.75, 3.05) is 7.11 Å². The third kappa shape index (κ3) is 3.78. The molecule has 0 N–H and O–H groups in total. The van der Waals surface area contributed by atoms with Crippen molar-refractivity contribution < 1.29 is 13.9 Å². The molecule has 4 heteroatoms. The second kappa shape index (κ2) is 6.68. The number of ether oxygens (including phenoxy) is 2. The molecule has 0 atom stereocenters. The summed E-state index contributed by atoms with van der Waals surface area (Å²) < 4.78 is 24.4. The molecule has 2 nitrogen and oxygen atoms in total. The molecule has 0 aromatic heterocycles. The topological polar surface area (TPSA) is 18.5 Å². The van der Waals surface area contributed by atoms with E-state index in [4.69, 9.17) is 9.47 Å². The Hall–Kier alpha value is -1.39. The van der Waals surface area contributed by atoms with E-state index in [0.717, 1.165) is 16.9 Å². The lowest BCUT2D eigenvalue weighted by atomic mass is 10.2. The molecule has 2 aromatic carbocycles. The van der Waals surface area contributed by atoms with E-state index >= 15 is 0 Å². The fourth-order valence-corrected chi connectivity index (χ4v) is 2.04. The highest BCUT2D eigenvalue weighted by Gasteiger charge is 2.05. The van der Waals surface area contributed by atoms with Crippen LogP contribution < -0.4 is 4.74 Å². The molecule has 0 saturated carbocycles. The summed E-state index contributed by atoms with van der Waals surface area (Å²) in [5.74, 6) is 0.544. The summed E-state index contributed by atoms with van der Waals surface area (Å²) in [5.41, 5.74) is 1.85. The van der Waals surface area contributed by atoms with Gasteiger partial charge in [-0.3, -0.25) is 0 Å². The number of rotatable bonds is 5. The molecule has 2 aromatic rings. The van der Waals surface area contributed by atoms with E-state index in [1.54, 1.807) is 13.2 Å². The fraction of sp³-hybridized carbons (Fsp3) is 0.200. The van der Waals surface area contributed by atoms with Crippen molar-refractivity contribution in [1.82, 2.24) is 0 Å². The maximum Gasteiger partial charge on any atom is 0.137 e. The summed E-state index contributed by atoms with van der Waals surface area (Å²) in [7, 11) is 1.63. The van der Waals surface area contributed by atoms with Crippen LogP contribution in [-0.4, -0.2) is 7.11 Å². The second-order valence-electron chi connectivity index (χ2n) is 4.05. The Labute approximate surface area is 120 Å². The minimum Gasteiger partial charge on any atom is -0.497 e. The first-order valence-electron chi connectivity index (χ1n) is 5.84. The molecule has 0 aliphatic carbocycles. The normalized spacial score (nSPS) is 10.5. The molecule has 0 aliphatic heterocycles. The second-order valence-corrected chi connectivity index (χ2v) is 4.85. The Kier molecular flexibility index (Phi) is 4.93. The van der Waals surface area contributed by atoms with Crippen LogP contribution in [0.15, 0.2) is 46.9 Å². The van der Waals surface area contributed by atoms with Gasteiger partial charge >= 0.3 is 0 Å². The molecule has 0 heterocycles. The van der Waals surface area contributed by atoms with Gasteiger partial charge in [0.1, 0.15) is 11.6 Å². The van der Waals surface area contributed by atoms with Gasteiger partial charge in [0.25, 0.3) is 0 Å². The van der Waals surface area contributed by atoms with Gasteiger partial charge in [-0.1, -0.05) is 24.3 Å². The molecule has 19 heavy (non-hydrogen) atoms. The predicted molar refractivity (Wildman–Crippen MR) is 75.6 cm³/mol. The standard InChI is InChI=1S/C15H14BrFO2/c1-18-13-7-5-11(6-8-13)9-19-10-12-3-2-4-14(17)15(12)16/h2-8H,9-10H2,1H3. The molecule has 0 aliphatic rings. The van der Waals surface area contributed by atoms with Crippen LogP contribution in [0.2, 0.25) is 0 Å². The van der Waals surface area contributed by atoms with E-state index < -0.39 is 0 Å². The fourth-order valence-electron chi connectivity index (χ4n) is 1.66. The van der Waals surface area contributed by atoms with E-state index in [9.17, 15) is 4.39 Å². The maximum absolute atomic E-state index is 13.3. The predicted octanol–water partition coefficient (Wildman–Crippen LogP) is 4.31. The lowest BCUT2D eigenvalue weighted by molar-refractivity contribution is 0.106. The minimum absolute atomic E-state index is 0.273. The van der Waals surface area contributed by atoms with E-state index in [2.05, 4.69) is 15.9 Å². The van der Waals surface area contributed by atoms with Gasteiger partial charge in [0.05, 0.1) is 24.8 Å². The number of halogens is 2. The zero-order valence-electron chi connectivity index (χ0n) is 10.5. The van der Waals surface area contributed by atoms with Gasteiger partial charge in [0.15, 0.2) is 0 Å². The number of benzene rings is 2. The summed E-state index contributed by atoms with van der Waals surface area (Å²) in [6, 6.07) is 12.6. The number of hydrogen-bond acceptors (Lipinski definition) is 2. The van der Waals surface area contributed by atoms with Gasteiger partial charge in [-0.25, -0.2) is 4.39 Å². The summed E-state index contributed by atoms with van der Waals surface area (Å²) in [4.78, 5) is 0. The van der Waals surface area contributed by atoms with Gasteiger partial charge in [-0.15, -0.1) is 0 Å². The lowest BCUT2D eigenvalue weighted by Crippen LogP contribution is -1.96. The first-order valence-corrected chi connectivity index (χ1v) is 6.63. The van der Waals surface area contributed by atoms with Crippen LogP contribution in [0.4, 0.5) is 4.39 Å². The monoisotopic (exact) mass is 324 g/mol. The van der Waals surface area contributed by atoms with E-state index in [1.165, 1.54) is 6.07 Å². The Morgan fingerprint density at radius 2 is 1.79 bits per heavy atom. The van der Waals surface area contributed by atoms with Crippen molar-refractivity contribution in [3.63, 3.8) is 0 Å². The van der Waals surface area contributed by atoms with Crippen LogP contribution in [-0.2, 0) is 18.0 Å². The van der Waals surface area contributed by atoms with Crippen LogP contribution in [0.25, 0.3) is 0 Å². The minimum atomic E-state index is -0.273. The van der Waals surface area contributed by atoms with Crippen LogP contribution in [0.1, 0.15) is 11.1 Å². The number of hydrogen-bond donors (Lipinski definition) is 0. The zero-order chi connectivity index (χ0) is 13.7. The molecule has 0 saturated heterocycles. The Bertz CT molecular complexity index is 540. The molecule has 0 spiro atoms. The van der Waals surface area contributed by atoms with Crippen molar-refractivity contribution >= 4 is 15.9 Å². The van der Waals surface area contributed by atoms with E-state index in [1.807, 2.05) is 30.3 Å². The maximum atomic E-state index is 13.3. The highest BCUT2D eigenvalue weighted by atomic mass is 79.9. The summed E-state index contributed by atoms with van der Waals surface area (Å²) in [6.07, 6.45) is 0. The Balaban J connectivity index is 1.90. The third-order valence-electron chi connectivity index (χ3n) is 2.72. The SMILES string of the molecule is COc1ccc(COCc2cccc(F)c2Br)cc1. The molecule has 0 unspecified atom stereocenters. The van der Waals surface area contributed by atoms with Gasteiger partial charge < -0.3 is 9.47 Å². The van der Waals surface area contributed by atoms with Crippen LogP contribution in [0.5, 0.6) is 5.75 Å². The highest BCUT2D eigenvalue weighted by Crippen LogP contribution is 2.21. The smallest absolute Gasteiger partial charge is 0.137 e. The van der Waals surface area contributed by atoms with Gasteiger partial charge in [0, 0.05) is 0 Å². The highest BCUT2D eigenvalue weighted by molar-refractivity contribution is 9.10. The van der Waals surface area contributed by atoms with Crippen molar-refractivity contribution in [2.45, 2.75) is 13.2 Å². The quantitative estimate of drug-likeness (QED) is 0.815. The first-order chi connectivity index (χ1) is 9.20.